The van der Waals surface area contributed by atoms with Crippen LogP contribution in [0.3, 0.4) is 0 Å². The molecule has 0 aromatic carbocycles. The van der Waals surface area contributed by atoms with Crippen molar-refractivity contribution in [1.29, 1.82) is 0 Å². The van der Waals surface area contributed by atoms with E-state index in [9.17, 15) is 4.79 Å². The van der Waals surface area contributed by atoms with E-state index in [1.54, 1.807) is 0 Å². The van der Waals surface area contributed by atoms with Crippen molar-refractivity contribution >= 4 is 22.6 Å². The monoisotopic (exact) mass is 360 g/mol. The Morgan fingerprint density at radius 2 is 1.17 bits per heavy atom. The van der Waals surface area contributed by atoms with E-state index in [1.165, 1.54) is 6.08 Å². The molecule has 0 saturated heterocycles. The van der Waals surface area contributed by atoms with Crippen LogP contribution in [-0.2, 0) is 13.6 Å². The highest BCUT2D eigenvalue weighted by atomic mass is 28.4. The molecular weight excluding hydrogens is 324 g/mol. The van der Waals surface area contributed by atoms with Crippen LogP contribution in [0.15, 0.2) is 11.6 Å². The van der Waals surface area contributed by atoms with Gasteiger partial charge in [-0.25, -0.2) is 4.79 Å². The Balaban J connectivity index is 4.99. The molecule has 0 aliphatic heterocycles. The van der Waals surface area contributed by atoms with Gasteiger partial charge in [0.2, 0.25) is 0 Å². The molecule has 0 bridgehead atoms. The van der Waals surface area contributed by atoms with E-state index in [4.69, 9.17) is 14.0 Å². The van der Waals surface area contributed by atoms with Gasteiger partial charge in [-0.15, -0.1) is 0 Å². The Labute approximate surface area is 144 Å². The lowest BCUT2D eigenvalue weighted by Gasteiger charge is -2.38. The molecule has 0 rings (SSSR count). The van der Waals surface area contributed by atoms with Crippen molar-refractivity contribution < 1.29 is 18.8 Å². The summed E-state index contributed by atoms with van der Waals surface area (Å²) in [6, 6.07) is 0. The molecule has 0 aromatic heterocycles. The third kappa shape index (κ3) is 7.33. The van der Waals surface area contributed by atoms with Crippen molar-refractivity contribution in [1.82, 2.24) is 0 Å². The van der Waals surface area contributed by atoms with E-state index in [0.717, 1.165) is 0 Å². The van der Waals surface area contributed by atoms with Gasteiger partial charge in [0.1, 0.15) is 0 Å². The van der Waals surface area contributed by atoms with Gasteiger partial charge >= 0.3 is 5.97 Å². The number of rotatable bonds is 7. The summed E-state index contributed by atoms with van der Waals surface area (Å²) in [5.41, 5.74) is 0.701. The van der Waals surface area contributed by atoms with E-state index < -0.39 is 22.6 Å². The molecule has 6 heteroatoms. The lowest BCUT2D eigenvalue weighted by Crippen LogP contribution is -2.43. The fourth-order valence-electron chi connectivity index (χ4n) is 1.28. The molecule has 0 spiro atoms. The second kappa shape index (κ2) is 7.63. The fourth-order valence-corrected chi connectivity index (χ4v) is 3.24. The topological polar surface area (TPSA) is 55.8 Å². The maximum Gasteiger partial charge on any atom is 0.328 e. The summed E-state index contributed by atoms with van der Waals surface area (Å²) in [4.78, 5) is 11.1. The normalized spacial score (nSPS) is 13.8. The highest BCUT2D eigenvalue weighted by molar-refractivity contribution is 6.74. The number of hydrogen-bond acceptors (Lipinski definition) is 3. The molecule has 0 atom stereocenters. The number of carboxylic acids is 1. The highest BCUT2D eigenvalue weighted by Crippen LogP contribution is 2.38. The fraction of sp³-hybridized carbons (Fsp3) is 0.824. The molecule has 1 N–H and O–H groups in total. The van der Waals surface area contributed by atoms with Crippen molar-refractivity contribution in [2.45, 2.75) is 77.8 Å². The van der Waals surface area contributed by atoms with Crippen molar-refractivity contribution in [3.8, 4) is 0 Å². The zero-order chi connectivity index (χ0) is 18.7. The summed E-state index contributed by atoms with van der Waals surface area (Å²) >= 11 is 0. The summed E-state index contributed by atoms with van der Waals surface area (Å²) in [5, 5.41) is 9.30. The van der Waals surface area contributed by atoms with E-state index in [-0.39, 0.29) is 10.1 Å². The molecule has 0 unspecified atom stereocenters. The summed E-state index contributed by atoms with van der Waals surface area (Å²) in [7, 11) is -3.82. The van der Waals surface area contributed by atoms with Crippen LogP contribution in [-0.4, -0.2) is 40.9 Å². The largest absolute Gasteiger partial charge is 0.478 e. The summed E-state index contributed by atoms with van der Waals surface area (Å²) < 4.78 is 12.3. The molecule has 0 fully saturated rings. The smallest absolute Gasteiger partial charge is 0.328 e. The molecule has 0 heterocycles. The van der Waals surface area contributed by atoms with Gasteiger partial charge in [0.05, 0.1) is 13.2 Å². The van der Waals surface area contributed by atoms with Gasteiger partial charge in [-0.1, -0.05) is 41.5 Å². The van der Waals surface area contributed by atoms with Gasteiger partial charge in [0.15, 0.2) is 16.6 Å². The molecule has 0 amide bonds. The van der Waals surface area contributed by atoms with Crippen molar-refractivity contribution in [2.24, 2.45) is 0 Å². The Morgan fingerprint density at radius 3 is 1.39 bits per heavy atom. The van der Waals surface area contributed by atoms with Crippen LogP contribution in [0.1, 0.15) is 41.5 Å². The van der Waals surface area contributed by atoms with Gasteiger partial charge in [0.25, 0.3) is 0 Å². The summed E-state index contributed by atoms with van der Waals surface area (Å²) in [5.74, 6) is -0.947. The second-order valence-corrected chi connectivity index (χ2v) is 18.9. The van der Waals surface area contributed by atoms with E-state index in [1.807, 2.05) is 0 Å². The van der Waals surface area contributed by atoms with Crippen molar-refractivity contribution in [3.63, 3.8) is 0 Å². The van der Waals surface area contributed by atoms with Crippen LogP contribution >= 0.6 is 0 Å². The Hall–Kier alpha value is -0.436. The third-order valence-electron chi connectivity index (χ3n) is 5.18. The predicted molar refractivity (Wildman–Crippen MR) is 102 cm³/mol. The average Bonchev–Trinajstić information content (AvgIpc) is 2.29. The van der Waals surface area contributed by atoms with Crippen molar-refractivity contribution in [2.75, 3.05) is 13.2 Å². The third-order valence-corrected chi connectivity index (χ3v) is 14.1. The molecule has 0 aromatic rings. The minimum Gasteiger partial charge on any atom is -0.478 e. The number of carbonyl (C=O) groups is 1. The van der Waals surface area contributed by atoms with Gasteiger partial charge in [-0.05, 0) is 41.8 Å². The molecule has 136 valence electrons. The number of aliphatic carboxylic acids is 1. The van der Waals surface area contributed by atoms with Crippen LogP contribution in [0.5, 0.6) is 0 Å². The van der Waals surface area contributed by atoms with Crippen molar-refractivity contribution in [3.05, 3.63) is 11.6 Å². The summed E-state index contributed by atoms with van der Waals surface area (Å²) in [6.07, 6.45) is 1.24. The Morgan fingerprint density at radius 1 is 0.870 bits per heavy atom. The lowest BCUT2D eigenvalue weighted by molar-refractivity contribution is -0.131. The zero-order valence-electron chi connectivity index (χ0n) is 16.7. The molecule has 0 saturated carbocycles. The van der Waals surface area contributed by atoms with Crippen LogP contribution < -0.4 is 0 Å². The molecule has 0 aliphatic rings. The predicted octanol–water partition coefficient (Wildman–Crippen LogP) is 5.04. The molecule has 23 heavy (non-hydrogen) atoms. The molecule has 4 nitrogen and oxygen atoms in total. The lowest BCUT2D eigenvalue weighted by atomic mass is 10.2. The first-order chi connectivity index (χ1) is 9.99. The highest BCUT2D eigenvalue weighted by Gasteiger charge is 2.39. The van der Waals surface area contributed by atoms with E-state index >= 15 is 0 Å². The average molecular weight is 361 g/mol. The van der Waals surface area contributed by atoms with Gasteiger partial charge in [-0.2, -0.15) is 0 Å². The maximum absolute atomic E-state index is 11.1. The second-order valence-electron chi connectivity index (χ2n) is 9.24. The number of carboxylic acid groups (broad SMARTS) is 1. The van der Waals surface area contributed by atoms with Crippen LogP contribution in [0.4, 0.5) is 0 Å². The Bertz CT molecular complexity index is 408. The molecular formula is C17H36O4Si2. The number of hydrogen-bond donors (Lipinski definition) is 1. The summed E-state index contributed by atoms with van der Waals surface area (Å²) in [6.45, 7) is 22.4. The quantitative estimate of drug-likeness (QED) is 0.510. The Kier molecular flexibility index (Phi) is 7.49. The first-order valence-corrected chi connectivity index (χ1v) is 14.0. The van der Waals surface area contributed by atoms with Crippen LogP contribution in [0, 0.1) is 0 Å². The molecule has 0 radical (unpaired) electrons. The zero-order valence-corrected chi connectivity index (χ0v) is 18.7. The van der Waals surface area contributed by atoms with E-state index in [2.05, 4.69) is 67.7 Å². The SMILES string of the molecule is CC(C)(C)[Si](C)(C)OCC(=CC(=O)O)CO[Si](C)(C)C(C)(C)C. The van der Waals surface area contributed by atoms with Crippen LogP contribution in [0.25, 0.3) is 0 Å². The van der Waals surface area contributed by atoms with E-state index in [0.29, 0.717) is 18.8 Å². The first-order valence-electron chi connectivity index (χ1n) is 8.20. The standard InChI is InChI=1S/C17H36O4Si2/c1-16(2,3)22(7,8)20-12-14(11-15(18)19)13-21-23(9,10)17(4,5)6/h11H,12-13H2,1-10H3,(H,18,19). The maximum atomic E-state index is 11.1. The minimum absolute atomic E-state index is 0.0988. The minimum atomic E-state index is -1.91. The van der Waals surface area contributed by atoms with Gasteiger partial charge in [-0.3, -0.25) is 0 Å². The van der Waals surface area contributed by atoms with Gasteiger partial charge in [0, 0.05) is 6.08 Å². The first kappa shape index (κ1) is 22.6. The van der Waals surface area contributed by atoms with Gasteiger partial charge < -0.3 is 14.0 Å². The molecule has 0 aliphatic carbocycles. The van der Waals surface area contributed by atoms with Crippen LogP contribution in [0.2, 0.25) is 36.3 Å².